The molecular weight excluding hydrogens is 1050 g/mol. The zero-order valence-corrected chi connectivity index (χ0v) is 48.3. The summed E-state index contributed by atoms with van der Waals surface area (Å²) >= 11 is 17.9. The first-order valence-corrected chi connectivity index (χ1v) is 28.9. The topological polar surface area (TPSA) is 175 Å². The molecule has 0 radical (unpaired) electrons. The van der Waals surface area contributed by atoms with Crippen LogP contribution in [0.1, 0.15) is 111 Å². The minimum atomic E-state index is -1.19. The van der Waals surface area contributed by atoms with Gasteiger partial charge in [0.15, 0.2) is 0 Å². The van der Waals surface area contributed by atoms with Crippen molar-refractivity contribution in [3.63, 3.8) is 0 Å². The predicted molar refractivity (Wildman–Crippen MR) is 303 cm³/mol. The summed E-state index contributed by atoms with van der Waals surface area (Å²) in [6, 6.07) is 12.3. The number of aliphatic hydroxyl groups is 1. The molecule has 0 amide bonds. The summed E-state index contributed by atoms with van der Waals surface area (Å²) in [6.07, 6.45) is 12.0. The van der Waals surface area contributed by atoms with Crippen LogP contribution in [0.5, 0.6) is 0 Å². The van der Waals surface area contributed by atoms with Crippen LogP contribution in [0.25, 0.3) is 31.7 Å². The molecule has 0 atom stereocenters. The minimum absolute atomic E-state index is 0.00869. The van der Waals surface area contributed by atoms with Crippen LogP contribution in [0.3, 0.4) is 0 Å². The number of alkyl halides is 2. The highest BCUT2D eigenvalue weighted by atomic mass is 35.5. The fraction of sp³-hybridized carbons (Fsp3) is 0.556. The highest BCUT2D eigenvalue weighted by molar-refractivity contribution is 7.25. The van der Waals surface area contributed by atoms with Crippen LogP contribution in [0, 0.1) is 22.7 Å². The van der Waals surface area contributed by atoms with Crippen LogP contribution in [-0.2, 0) is 44.1 Å². The van der Waals surface area contributed by atoms with Crippen molar-refractivity contribution in [3.8, 4) is 31.6 Å². The van der Waals surface area contributed by atoms with Crippen molar-refractivity contribution in [1.29, 1.82) is 10.5 Å². The van der Waals surface area contributed by atoms with Gasteiger partial charge in [-0.25, -0.2) is 9.59 Å². The summed E-state index contributed by atoms with van der Waals surface area (Å²) in [5.74, 6) is -0.343. The number of carbonyl (C=O) groups is 2. The predicted octanol–water partition coefficient (Wildman–Crippen LogP) is 12.4. The minimum Gasteiger partial charge on any atom is -0.477 e. The molecule has 0 fully saturated rings. The normalized spacial score (nSPS) is 13.6. The van der Waals surface area contributed by atoms with Crippen LogP contribution < -0.4 is 9.80 Å². The molecule has 13 nitrogen and oxygen atoms in total. The van der Waals surface area contributed by atoms with Crippen molar-refractivity contribution in [2.75, 3.05) is 116 Å². The molecule has 2 aliphatic carbocycles. The molecule has 4 heterocycles. The van der Waals surface area contributed by atoms with E-state index in [-0.39, 0.29) is 41.8 Å². The Hall–Kier alpha value is -3.82. The van der Waals surface area contributed by atoms with Crippen molar-refractivity contribution in [2.45, 2.75) is 89.9 Å². The van der Waals surface area contributed by atoms with Crippen LogP contribution in [0.15, 0.2) is 35.4 Å². The summed E-state index contributed by atoms with van der Waals surface area (Å²) in [5.41, 5.74) is 4.64. The number of fused-ring (bicyclic) bond motifs is 6. The Bertz CT molecular complexity index is 2510. The van der Waals surface area contributed by atoms with E-state index >= 15 is 0 Å². The summed E-state index contributed by atoms with van der Waals surface area (Å²) in [6.45, 7) is 13.3. The summed E-state index contributed by atoms with van der Waals surface area (Å²) in [7, 11) is 8.16. The average Bonchev–Trinajstić information content (AvgIpc) is 4.21. The molecule has 0 bridgehead atoms. The van der Waals surface area contributed by atoms with E-state index in [0.29, 0.717) is 45.5 Å². The SMILES string of the molecule is CN(C)c1cc2c(s1)-c1sc(/C=C(\C#N)C(=O)O)cc1C2(C)C.CN(C)c1cc2c(s1)-c1sc(/C=C(\C#N)C(=O)OCCOCCOCCCCCCCl)cc1C2(C)C.OCCOCCOCCCCCCCl. The van der Waals surface area contributed by atoms with Gasteiger partial charge in [-0.2, -0.15) is 10.5 Å². The number of halogens is 2. The summed E-state index contributed by atoms with van der Waals surface area (Å²) in [4.78, 5) is 34.3. The maximum absolute atomic E-state index is 12.4. The molecule has 0 unspecified atom stereocenters. The molecule has 0 saturated carbocycles. The van der Waals surface area contributed by atoms with E-state index in [1.54, 1.807) is 57.5 Å². The van der Waals surface area contributed by atoms with Gasteiger partial charge in [0.05, 0.1) is 66.0 Å². The van der Waals surface area contributed by atoms with Gasteiger partial charge in [-0.15, -0.1) is 68.5 Å². The van der Waals surface area contributed by atoms with E-state index in [4.69, 9.17) is 62.4 Å². The third-order valence-electron chi connectivity index (χ3n) is 12.0. The molecule has 0 spiro atoms. The van der Waals surface area contributed by atoms with Gasteiger partial charge in [-0.1, -0.05) is 53.4 Å². The number of unbranched alkanes of at least 4 members (excludes halogenated alkanes) is 6. The van der Waals surface area contributed by atoms with E-state index < -0.39 is 11.9 Å². The maximum Gasteiger partial charge on any atom is 0.349 e. The standard InChI is InChI=1S/C27H35ClN2O4S2.C17H16N2O2S2.C10H21ClO3/c1-27(2)21-16-20(35-24(21)25-22(27)17-23(36-25)30(3)4)15-19(18-29)26(31)34-14-13-33-12-11-32-10-8-6-5-7-9-28;1-17(2)11-6-10(5-9(8-18)16(20)21)22-14(11)15-12(17)7-13(23-15)19(3)4;11-5-3-1-2-4-7-13-9-10-14-8-6-12/h15-17H,5-14H2,1-4H3;5-7H,1-4H3,(H,20,21);12H,1-10H2/b19-15+;9-5+;. The van der Waals surface area contributed by atoms with E-state index in [1.165, 1.54) is 70.7 Å². The van der Waals surface area contributed by atoms with Crippen LogP contribution >= 0.6 is 68.5 Å². The lowest BCUT2D eigenvalue weighted by Crippen LogP contribution is -2.14. The lowest BCUT2D eigenvalue weighted by Gasteiger charge is -2.19. The third-order valence-corrected chi connectivity index (χ3v) is 17.6. The average molecular weight is 1120 g/mol. The second kappa shape index (κ2) is 31.3. The molecule has 4 aromatic rings. The first kappa shape index (κ1) is 61.7. The summed E-state index contributed by atoms with van der Waals surface area (Å²) < 4.78 is 26.6. The largest absolute Gasteiger partial charge is 0.477 e. The Morgan fingerprint density at radius 3 is 1.33 bits per heavy atom. The Labute approximate surface area is 458 Å². The quantitative estimate of drug-likeness (QED) is 0.0173. The molecule has 19 heteroatoms. The van der Waals surface area contributed by atoms with Crippen LogP contribution in [0.2, 0.25) is 0 Å². The number of ether oxygens (including phenoxy) is 5. The van der Waals surface area contributed by atoms with E-state index in [1.807, 2.05) is 40.3 Å². The molecule has 2 N–H and O–H groups in total. The zero-order valence-electron chi connectivity index (χ0n) is 43.5. The molecule has 4 aromatic heterocycles. The molecule has 0 aliphatic heterocycles. The van der Waals surface area contributed by atoms with Gasteiger partial charge in [0.1, 0.15) is 29.9 Å². The molecular formula is C54H72Cl2N4O9S4. The van der Waals surface area contributed by atoms with Gasteiger partial charge in [0, 0.05) is 83.5 Å². The molecule has 0 aromatic carbocycles. The molecule has 0 saturated heterocycles. The highest BCUT2D eigenvalue weighted by Gasteiger charge is 2.41. The monoisotopic (exact) mass is 1120 g/mol. The number of aliphatic hydroxyl groups excluding tert-OH is 1. The van der Waals surface area contributed by atoms with Crippen LogP contribution in [-0.4, -0.2) is 128 Å². The van der Waals surface area contributed by atoms with E-state index in [2.05, 4.69) is 55.7 Å². The van der Waals surface area contributed by atoms with Gasteiger partial charge in [0.2, 0.25) is 0 Å². The Morgan fingerprint density at radius 2 is 0.932 bits per heavy atom. The van der Waals surface area contributed by atoms with Crippen molar-refractivity contribution < 1.29 is 43.5 Å². The lowest BCUT2D eigenvalue weighted by molar-refractivity contribution is -0.140. The number of rotatable bonds is 29. The number of carboxylic acid groups (broad SMARTS) is 1. The van der Waals surface area contributed by atoms with Crippen molar-refractivity contribution >= 4 is 103 Å². The first-order valence-electron chi connectivity index (χ1n) is 24.6. The Morgan fingerprint density at radius 1 is 0.562 bits per heavy atom. The van der Waals surface area contributed by atoms with Crippen molar-refractivity contribution in [1.82, 2.24) is 0 Å². The van der Waals surface area contributed by atoms with E-state index in [0.717, 1.165) is 60.8 Å². The second-order valence-corrected chi connectivity index (χ2v) is 23.6. The van der Waals surface area contributed by atoms with Gasteiger partial charge in [-0.05, 0) is 84.4 Å². The number of hydrogen-bond donors (Lipinski definition) is 2. The number of esters is 1. The first-order chi connectivity index (χ1) is 35.0. The second-order valence-electron chi connectivity index (χ2n) is 18.6. The fourth-order valence-electron chi connectivity index (χ4n) is 7.83. The third kappa shape index (κ3) is 17.9. The van der Waals surface area contributed by atoms with Gasteiger partial charge < -0.3 is 43.7 Å². The number of anilines is 2. The molecule has 6 rings (SSSR count). The van der Waals surface area contributed by atoms with Gasteiger partial charge >= 0.3 is 11.9 Å². The Kier molecular flexibility index (Phi) is 26.5. The number of aliphatic carboxylic acids is 1. The van der Waals surface area contributed by atoms with E-state index in [9.17, 15) is 14.9 Å². The van der Waals surface area contributed by atoms with Gasteiger partial charge in [-0.3, -0.25) is 0 Å². The molecule has 400 valence electrons. The van der Waals surface area contributed by atoms with Crippen LogP contribution in [0.4, 0.5) is 10.0 Å². The number of nitrogens with zero attached hydrogens (tertiary/aromatic N) is 4. The zero-order chi connectivity index (χ0) is 53.6. The lowest BCUT2D eigenvalue weighted by atomic mass is 9.84. The number of hydrogen-bond acceptors (Lipinski definition) is 16. The maximum atomic E-state index is 12.4. The smallest absolute Gasteiger partial charge is 0.349 e. The number of thiophene rings is 4. The fourth-order valence-corrected chi connectivity index (χ4v) is 13.5. The van der Waals surface area contributed by atoms with Crippen molar-refractivity contribution in [3.05, 3.63) is 67.4 Å². The van der Waals surface area contributed by atoms with Crippen molar-refractivity contribution in [2.24, 2.45) is 0 Å². The highest BCUT2D eigenvalue weighted by Crippen LogP contribution is 2.58. The summed E-state index contributed by atoms with van der Waals surface area (Å²) in [5, 5.41) is 38.3. The molecule has 2 aliphatic rings. The van der Waals surface area contributed by atoms with Gasteiger partial charge in [0.25, 0.3) is 0 Å². The number of carboxylic acids is 1. The molecule has 73 heavy (non-hydrogen) atoms. The number of carbonyl (C=O) groups excluding carboxylic acids is 1. The Balaban J connectivity index is 0.000000266. The number of nitriles is 2.